The van der Waals surface area contributed by atoms with Gasteiger partial charge in [-0.15, -0.1) is 0 Å². The summed E-state index contributed by atoms with van der Waals surface area (Å²) in [6, 6.07) is 15.5. The highest BCUT2D eigenvalue weighted by Gasteiger charge is 2.13. The summed E-state index contributed by atoms with van der Waals surface area (Å²) >= 11 is 0. The fourth-order valence-electron chi connectivity index (χ4n) is 3.57. The standard InChI is InChI=1S/C24H26N4O/c1-2-18-6-12-22(13-7-18)27-23(29)20-10-8-19(9-11-20)21-16-25-24(26-17-21)28-14-4-3-5-15-28/h6-13,16-17H,2-5,14-15H2,1H3,(H,27,29). The molecular formula is C24H26N4O. The Bertz CT molecular complexity index is 944. The van der Waals surface area contributed by atoms with Crippen molar-refractivity contribution in [3.05, 3.63) is 72.1 Å². The third-order valence-corrected chi connectivity index (χ3v) is 5.38. The van der Waals surface area contributed by atoms with Gasteiger partial charge in [0.05, 0.1) is 0 Å². The highest BCUT2D eigenvalue weighted by molar-refractivity contribution is 6.04. The molecule has 1 aromatic heterocycles. The van der Waals surface area contributed by atoms with Gasteiger partial charge in [0.15, 0.2) is 0 Å². The summed E-state index contributed by atoms with van der Waals surface area (Å²) in [6.07, 6.45) is 8.41. The van der Waals surface area contributed by atoms with Crippen LogP contribution < -0.4 is 10.2 Å². The molecule has 1 saturated heterocycles. The maximum Gasteiger partial charge on any atom is 0.255 e. The van der Waals surface area contributed by atoms with E-state index in [1.165, 1.54) is 24.8 Å². The van der Waals surface area contributed by atoms with Crippen molar-refractivity contribution < 1.29 is 4.79 Å². The van der Waals surface area contributed by atoms with Crippen molar-refractivity contribution in [2.24, 2.45) is 0 Å². The van der Waals surface area contributed by atoms with E-state index in [-0.39, 0.29) is 5.91 Å². The number of aryl methyl sites for hydroxylation is 1. The average Bonchev–Trinajstić information content (AvgIpc) is 2.80. The van der Waals surface area contributed by atoms with Gasteiger partial charge in [-0.2, -0.15) is 0 Å². The Morgan fingerprint density at radius 2 is 1.55 bits per heavy atom. The van der Waals surface area contributed by atoms with E-state index in [9.17, 15) is 4.79 Å². The number of hydrogen-bond donors (Lipinski definition) is 1. The van der Waals surface area contributed by atoms with E-state index >= 15 is 0 Å². The van der Waals surface area contributed by atoms with E-state index in [0.717, 1.165) is 42.3 Å². The molecule has 2 aromatic carbocycles. The lowest BCUT2D eigenvalue weighted by atomic mass is 10.1. The third-order valence-electron chi connectivity index (χ3n) is 5.38. The van der Waals surface area contributed by atoms with Crippen molar-refractivity contribution in [2.75, 3.05) is 23.3 Å². The zero-order valence-electron chi connectivity index (χ0n) is 16.8. The number of nitrogens with zero attached hydrogens (tertiary/aromatic N) is 3. The normalized spacial score (nSPS) is 13.9. The summed E-state index contributed by atoms with van der Waals surface area (Å²) in [5.74, 6) is 0.691. The first kappa shape index (κ1) is 19.1. The van der Waals surface area contributed by atoms with E-state index in [4.69, 9.17) is 0 Å². The number of nitrogens with one attached hydrogen (secondary N) is 1. The highest BCUT2D eigenvalue weighted by Crippen LogP contribution is 2.21. The van der Waals surface area contributed by atoms with Crippen LogP contribution in [0.15, 0.2) is 60.9 Å². The summed E-state index contributed by atoms with van der Waals surface area (Å²) in [6.45, 7) is 4.18. The summed E-state index contributed by atoms with van der Waals surface area (Å²) in [7, 11) is 0. The van der Waals surface area contributed by atoms with E-state index in [1.54, 1.807) is 0 Å². The molecule has 2 heterocycles. The van der Waals surface area contributed by atoms with Crippen molar-refractivity contribution in [2.45, 2.75) is 32.6 Å². The maximum atomic E-state index is 12.5. The molecule has 4 rings (SSSR count). The Labute approximate surface area is 171 Å². The second kappa shape index (κ2) is 8.86. The first-order valence-electron chi connectivity index (χ1n) is 10.3. The Kier molecular flexibility index (Phi) is 5.84. The Morgan fingerprint density at radius 3 is 2.17 bits per heavy atom. The van der Waals surface area contributed by atoms with Crippen LogP contribution in [-0.4, -0.2) is 29.0 Å². The molecule has 1 fully saturated rings. The number of carbonyl (C=O) groups is 1. The van der Waals surface area contributed by atoms with E-state index < -0.39 is 0 Å². The van der Waals surface area contributed by atoms with Crippen LogP contribution in [0.3, 0.4) is 0 Å². The number of aromatic nitrogens is 2. The minimum absolute atomic E-state index is 0.113. The molecule has 0 atom stereocenters. The number of amides is 1. The van der Waals surface area contributed by atoms with Gasteiger partial charge in [0, 0.05) is 42.3 Å². The van der Waals surface area contributed by atoms with Crippen LogP contribution in [0, 0.1) is 0 Å². The summed E-state index contributed by atoms with van der Waals surface area (Å²) in [5, 5.41) is 2.94. The fourth-order valence-corrected chi connectivity index (χ4v) is 3.57. The van der Waals surface area contributed by atoms with Crippen LogP contribution in [0.2, 0.25) is 0 Å². The van der Waals surface area contributed by atoms with Gasteiger partial charge in [-0.05, 0) is 61.1 Å². The molecule has 29 heavy (non-hydrogen) atoms. The lowest BCUT2D eigenvalue weighted by molar-refractivity contribution is 0.102. The molecule has 0 saturated carbocycles. The van der Waals surface area contributed by atoms with Crippen molar-refractivity contribution in [3.8, 4) is 11.1 Å². The first-order valence-corrected chi connectivity index (χ1v) is 10.3. The van der Waals surface area contributed by atoms with Crippen molar-refractivity contribution >= 4 is 17.5 Å². The van der Waals surface area contributed by atoms with Crippen LogP contribution >= 0.6 is 0 Å². The third kappa shape index (κ3) is 4.62. The molecule has 0 bridgehead atoms. The molecule has 0 spiro atoms. The molecule has 0 aliphatic carbocycles. The predicted octanol–water partition coefficient (Wildman–Crippen LogP) is 4.95. The van der Waals surface area contributed by atoms with Gasteiger partial charge in [-0.25, -0.2) is 9.97 Å². The van der Waals surface area contributed by atoms with Gasteiger partial charge in [-0.1, -0.05) is 31.2 Å². The minimum Gasteiger partial charge on any atom is -0.341 e. The molecule has 1 amide bonds. The molecule has 5 heteroatoms. The predicted molar refractivity (Wildman–Crippen MR) is 117 cm³/mol. The first-order chi connectivity index (χ1) is 14.2. The second-order valence-electron chi connectivity index (χ2n) is 7.40. The second-order valence-corrected chi connectivity index (χ2v) is 7.40. The smallest absolute Gasteiger partial charge is 0.255 e. The molecule has 1 N–H and O–H groups in total. The Hall–Kier alpha value is -3.21. The highest BCUT2D eigenvalue weighted by atomic mass is 16.1. The van der Waals surface area contributed by atoms with Gasteiger partial charge in [0.1, 0.15) is 0 Å². The van der Waals surface area contributed by atoms with Crippen molar-refractivity contribution in [3.63, 3.8) is 0 Å². The molecule has 1 aliphatic heterocycles. The average molecular weight is 386 g/mol. The van der Waals surface area contributed by atoms with Crippen LogP contribution in [0.1, 0.15) is 42.1 Å². The Balaban J connectivity index is 1.42. The van der Waals surface area contributed by atoms with Crippen LogP contribution in [0.4, 0.5) is 11.6 Å². The van der Waals surface area contributed by atoms with Crippen molar-refractivity contribution in [1.29, 1.82) is 0 Å². The topological polar surface area (TPSA) is 58.1 Å². The monoisotopic (exact) mass is 386 g/mol. The van der Waals surface area contributed by atoms with Crippen molar-refractivity contribution in [1.82, 2.24) is 9.97 Å². The number of anilines is 2. The SMILES string of the molecule is CCc1ccc(NC(=O)c2ccc(-c3cnc(N4CCCCC4)nc3)cc2)cc1. The zero-order chi connectivity index (χ0) is 20.1. The molecular weight excluding hydrogens is 360 g/mol. The Morgan fingerprint density at radius 1 is 0.897 bits per heavy atom. The van der Waals surface area contributed by atoms with Crippen LogP contribution in [0.25, 0.3) is 11.1 Å². The van der Waals surface area contributed by atoms with Gasteiger partial charge >= 0.3 is 0 Å². The quantitative estimate of drug-likeness (QED) is 0.674. The van der Waals surface area contributed by atoms with Gasteiger partial charge in [-0.3, -0.25) is 4.79 Å². The van der Waals surface area contributed by atoms with E-state index in [1.807, 2.05) is 60.9 Å². The van der Waals surface area contributed by atoms with Crippen LogP contribution in [0.5, 0.6) is 0 Å². The van der Waals surface area contributed by atoms with Gasteiger partial charge < -0.3 is 10.2 Å². The number of rotatable bonds is 5. The molecule has 3 aromatic rings. The number of hydrogen-bond acceptors (Lipinski definition) is 4. The summed E-state index contributed by atoms with van der Waals surface area (Å²) < 4.78 is 0. The number of carbonyl (C=O) groups excluding carboxylic acids is 1. The molecule has 0 unspecified atom stereocenters. The van der Waals surface area contributed by atoms with Gasteiger partial charge in [0.2, 0.25) is 5.95 Å². The molecule has 148 valence electrons. The lowest BCUT2D eigenvalue weighted by Gasteiger charge is -2.26. The summed E-state index contributed by atoms with van der Waals surface area (Å²) in [5.41, 5.74) is 4.63. The maximum absolute atomic E-state index is 12.5. The van der Waals surface area contributed by atoms with E-state index in [2.05, 4.69) is 27.1 Å². The fraction of sp³-hybridized carbons (Fsp3) is 0.292. The zero-order valence-corrected chi connectivity index (χ0v) is 16.8. The van der Waals surface area contributed by atoms with E-state index in [0.29, 0.717) is 5.56 Å². The molecule has 0 radical (unpaired) electrons. The number of piperidine rings is 1. The summed E-state index contributed by atoms with van der Waals surface area (Å²) in [4.78, 5) is 23.8. The van der Waals surface area contributed by atoms with Gasteiger partial charge in [0.25, 0.3) is 5.91 Å². The number of benzene rings is 2. The molecule has 1 aliphatic rings. The minimum atomic E-state index is -0.113. The largest absolute Gasteiger partial charge is 0.341 e. The molecule has 5 nitrogen and oxygen atoms in total. The van der Waals surface area contributed by atoms with Crippen LogP contribution in [-0.2, 0) is 6.42 Å². The lowest BCUT2D eigenvalue weighted by Crippen LogP contribution is -2.30.